The number of carbonyl (C=O) groups is 2. The molecule has 2 N–H and O–H groups in total. The maximum Gasteiger partial charge on any atom is 0.305 e. The van der Waals surface area contributed by atoms with Gasteiger partial charge in [0.25, 0.3) is 0 Å². The molecule has 5 heteroatoms. The van der Waals surface area contributed by atoms with Gasteiger partial charge in [-0.1, -0.05) is 12.2 Å². The molecule has 1 aliphatic carbocycles. The van der Waals surface area contributed by atoms with Crippen LogP contribution >= 0.6 is 0 Å². The number of aliphatic carboxylic acids is 1. The second-order valence-corrected chi connectivity index (χ2v) is 5.43. The molecule has 0 aromatic heterocycles. The van der Waals surface area contributed by atoms with Crippen LogP contribution in [0, 0.1) is 5.92 Å². The molecule has 19 heavy (non-hydrogen) atoms. The van der Waals surface area contributed by atoms with Gasteiger partial charge in [0.1, 0.15) is 0 Å². The molecule has 1 aliphatic heterocycles. The first-order valence-electron chi connectivity index (χ1n) is 6.88. The summed E-state index contributed by atoms with van der Waals surface area (Å²) in [6.45, 7) is 1.02. The number of ether oxygens (including phenoxy) is 1. The highest BCUT2D eigenvalue weighted by Crippen LogP contribution is 2.27. The van der Waals surface area contributed by atoms with Crippen LogP contribution in [0.4, 0.5) is 0 Å². The molecule has 1 unspecified atom stereocenters. The van der Waals surface area contributed by atoms with Crippen LogP contribution in [0.5, 0.6) is 0 Å². The first-order valence-corrected chi connectivity index (χ1v) is 6.88. The quantitative estimate of drug-likeness (QED) is 0.757. The summed E-state index contributed by atoms with van der Waals surface area (Å²) < 4.78 is 5.28. The average molecular weight is 267 g/mol. The fourth-order valence-electron chi connectivity index (χ4n) is 2.79. The molecule has 1 heterocycles. The maximum atomic E-state index is 12.3. The summed E-state index contributed by atoms with van der Waals surface area (Å²) in [5, 5.41) is 12.1. The van der Waals surface area contributed by atoms with Gasteiger partial charge in [-0.05, 0) is 32.1 Å². The van der Waals surface area contributed by atoms with Crippen molar-refractivity contribution in [2.75, 3.05) is 13.2 Å². The Morgan fingerprint density at radius 3 is 2.63 bits per heavy atom. The second-order valence-electron chi connectivity index (χ2n) is 5.43. The molecule has 1 saturated heterocycles. The van der Waals surface area contributed by atoms with Crippen molar-refractivity contribution in [3.05, 3.63) is 12.2 Å². The zero-order valence-corrected chi connectivity index (χ0v) is 11.1. The topological polar surface area (TPSA) is 75.6 Å². The van der Waals surface area contributed by atoms with E-state index < -0.39 is 11.5 Å². The molecule has 1 fully saturated rings. The monoisotopic (exact) mass is 267 g/mol. The number of nitrogens with one attached hydrogen (secondary N) is 1. The predicted octanol–water partition coefficient (Wildman–Crippen LogP) is 1.48. The fraction of sp³-hybridized carbons (Fsp3) is 0.714. The Balaban J connectivity index is 2.00. The van der Waals surface area contributed by atoms with Crippen molar-refractivity contribution < 1.29 is 19.4 Å². The summed E-state index contributed by atoms with van der Waals surface area (Å²) >= 11 is 0. The van der Waals surface area contributed by atoms with Crippen molar-refractivity contribution >= 4 is 11.9 Å². The first-order chi connectivity index (χ1) is 9.11. The molecular weight excluding hydrogens is 246 g/mol. The summed E-state index contributed by atoms with van der Waals surface area (Å²) in [5.41, 5.74) is -0.623. The van der Waals surface area contributed by atoms with Gasteiger partial charge in [-0.25, -0.2) is 0 Å². The standard InChI is InChI=1S/C14H21NO4/c16-12(17)10-14(6-8-19-9-7-14)15-13(18)11-4-2-1-3-5-11/h1-2,11H,3-10H2,(H,15,18)(H,16,17). The van der Waals surface area contributed by atoms with Crippen molar-refractivity contribution in [1.82, 2.24) is 5.32 Å². The molecule has 1 amide bonds. The average Bonchev–Trinajstić information content (AvgIpc) is 2.39. The summed E-state index contributed by atoms with van der Waals surface area (Å²) in [5.74, 6) is -0.892. The van der Waals surface area contributed by atoms with Crippen LogP contribution in [0.1, 0.15) is 38.5 Å². The molecule has 0 aromatic carbocycles. The van der Waals surface area contributed by atoms with Gasteiger partial charge in [0.05, 0.1) is 12.0 Å². The molecule has 106 valence electrons. The van der Waals surface area contributed by atoms with Gasteiger partial charge < -0.3 is 15.2 Å². The van der Waals surface area contributed by atoms with Crippen molar-refractivity contribution in [2.24, 2.45) is 5.92 Å². The second kappa shape index (κ2) is 6.19. The van der Waals surface area contributed by atoms with Crippen molar-refractivity contribution in [2.45, 2.75) is 44.1 Å². The Bertz CT molecular complexity index is 372. The van der Waals surface area contributed by atoms with Gasteiger partial charge in [0, 0.05) is 19.1 Å². The van der Waals surface area contributed by atoms with Crippen LogP contribution in [0.15, 0.2) is 12.2 Å². The summed E-state index contributed by atoms with van der Waals surface area (Å²) in [7, 11) is 0. The lowest BCUT2D eigenvalue weighted by atomic mass is 9.84. The largest absolute Gasteiger partial charge is 0.481 e. The highest BCUT2D eigenvalue weighted by Gasteiger charge is 2.37. The van der Waals surface area contributed by atoms with Crippen LogP contribution in [-0.4, -0.2) is 35.7 Å². The van der Waals surface area contributed by atoms with Crippen LogP contribution in [0.25, 0.3) is 0 Å². The minimum absolute atomic E-state index is 0.00694. The van der Waals surface area contributed by atoms with Gasteiger partial charge in [-0.3, -0.25) is 9.59 Å². The fourth-order valence-corrected chi connectivity index (χ4v) is 2.79. The zero-order valence-electron chi connectivity index (χ0n) is 11.1. The summed E-state index contributed by atoms with van der Waals surface area (Å²) in [6.07, 6.45) is 7.78. The molecule has 0 aromatic rings. The minimum Gasteiger partial charge on any atom is -0.481 e. The van der Waals surface area contributed by atoms with Gasteiger partial charge in [-0.2, -0.15) is 0 Å². The number of hydrogen-bond acceptors (Lipinski definition) is 3. The lowest BCUT2D eigenvalue weighted by Gasteiger charge is -2.38. The van der Waals surface area contributed by atoms with E-state index in [4.69, 9.17) is 9.84 Å². The first kappa shape index (κ1) is 14.1. The van der Waals surface area contributed by atoms with Gasteiger partial charge >= 0.3 is 5.97 Å². The Morgan fingerprint density at radius 1 is 1.32 bits per heavy atom. The van der Waals surface area contributed by atoms with E-state index in [0.29, 0.717) is 26.1 Å². The predicted molar refractivity (Wildman–Crippen MR) is 69.7 cm³/mol. The number of allylic oxidation sites excluding steroid dienone is 2. The Kier molecular flexibility index (Phi) is 4.58. The Hall–Kier alpha value is -1.36. The van der Waals surface area contributed by atoms with E-state index in [1.807, 2.05) is 6.08 Å². The lowest BCUT2D eigenvalue weighted by molar-refractivity contribution is -0.141. The van der Waals surface area contributed by atoms with E-state index in [1.54, 1.807) is 0 Å². The van der Waals surface area contributed by atoms with Crippen molar-refractivity contribution in [3.63, 3.8) is 0 Å². The van der Waals surface area contributed by atoms with E-state index in [9.17, 15) is 9.59 Å². The highest BCUT2D eigenvalue weighted by atomic mass is 16.5. The number of amides is 1. The van der Waals surface area contributed by atoms with E-state index in [0.717, 1.165) is 19.3 Å². The molecule has 0 spiro atoms. The zero-order chi connectivity index (χ0) is 13.7. The number of hydrogen-bond donors (Lipinski definition) is 2. The smallest absolute Gasteiger partial charge is 0.305 e. The lowest BCUT2D eigenvalue weighted by Crippen LogP contribution is -2.54. The molecule has 0 saturated carbocycles. The summed E-state index contributed by atoms with van der Waals surface area (Å²) in [6, 6.07) is 0. The van der Waals surface area contributed by atoms with Crippen LogP contribution in [-0.2, 0) is 14.3 Å². The van der Waals surface area contributed by atoms with E-state index in [1.165, 1.54) is 0 Å². The van der Waals surface area contributed by atoms with Crippen LogP contribution in [0.3, 0.4) is 0 Å². The van der Waals surface area contributed by atoms with Gasteiger partial charge in [0.2, 0.25) is 5.91 Å². The van der Waals surface area contributed by atoms with Crippen molar-refractivity contribution in [3.8, 4) is 0 Å². The normalized spacial score (nSPS) is 25.8. The third-order valence-corrected chi connectivity index (χ3v) is 3.97. The molecule has 0 bridgehead atoms. The van der Waals surface area contributed by atoms with Crippen LogP contribution in [0.2, 0.25) is 0 Å². The van der Waals surface area contributed by atoms with Gasteiger partial charge in [0.15, 0.2) is 0 Å². The Morgan fingerprint density at radius 2 is 2.05 bits per heavy atom. The third kappa shape index (κ3) is 3.80. The molecule has 1 atom stereocenters. The number of carbonyl (C=O) groups excluding carboxylic acids is 1. The highest BCUT2D eigenvalue weighted by molar-refractivity contribution is 5.81. The molecule has 0 radical (unpaired) electrons. The van der Waals surface area contributed by atoms with Crippen molar-refractivity contribution in [1.29, 1.82) is 0 Å². The van der Waals surface area contributed by atoms with E-state index in [-0.39, 0.29) is 18.2 Å². The number of carboxylic acid groups (broad SMARTS) is 1. The molecule has 2 aliphatic rings. The minimum atomic E-state index is -0.870. The molecule has 2 rings (SSSR count). The van der Waals surface area contributed by atoms with E-state index in [2.05, 4.69) is 11.4 Å². The SMILES string of the molecule is O=C(O)CC1(NC(=O)C2CC=CCC2)CCOCC1. The molecular formula is C14H21NO4. The third-order valence-electron chi connectivity index (χ3n) is 3.97. The number of carboxylic acids is 1. The molecule has 5 nitrogen and oxygen atoms in total. The Labute approximate surface area is 113 Å². The van der Waals surface area contributed by atoms with Crippen LogP contribution < -0.4 is 5.32 Å². The summed E-state index contributed by atoms with van der Waals surface area (Å²) in [4.78, 5) is 23.3. The number of rotatable bonds is 4. The van der Waals surface area contributed by atoms with Gasteiger partial charge in [-0.15, -0.1) is 0 Å². The van der Waals surface area contributed by atoms with E-state index >= 15 is 0 Å². The maximum absolute atomic E-state index is 12.3.